The molecule has 1 aliphatic rings. The maximum absolute atomic E-state index is 5.52. The molecule has 3 nitrogen and oxygen atoms in total. The summed E-state index contributed by atoms with van der Waals surface area (Å²) in [6, 6.07) is 4.26. The Kier molecular flexibility index (Phi) is 2.14. The SMILES string of the molecule is CC1(C(Cc2ccco2)NN)CC1. The van der Waals surface area contributed by atoms with Gasteiger partial charge in [-0.25, -0.2) is 0 Å². The zero-order chi connectivity index (χ0) is 9.31. The van der Waals surface area contributed by atoms with Crippen molar-refractivity contribution in [2.24, 2.45) is 11.3 Å². The molecule has 0 amide bonds. The Morgan fingerprint density at radius 2 is 2.46 bits per heavy atom. The summed E-state index contributed by atoms with van der Waals surface area (Å²) in [6.45, 7) is 2.26. The molecule has 0 aliphatic heterocycles. The topological polar surface area (TPSA) is 51.2 Å². The van der Waals surface area contributed by atoms with E-state index in [4.69, 9.17) is 10.3 Å². The molecule has 0 radical (unpaired) electrons. The van der Waals surface area contributed by atoms with Crippen molar-refractivity contribution >= 4 is 0 Å². The Hall–Kier alpha value is -0.800. The third-order valence-corrected chi connectivity index (χ3v) is 3.07. The highest BCUT2D eigenvalue weighted by Crippen LogP contribution is 2.48. The van der Waals surface area contributed by atoms with E-state index in [1.807, 2.05) is 12.1 Å². The van der Waals surface area contributed by atoms with Gasteiger partial charge in [0.25, 0.3) is 0 Å². The molecule has 1 heterocycles. The van der Waals surface area contributed by atoms with Gasteiger partial charge < -0.3 is 4.42 Å². The molecule has 1 saturated carbocycles. The number of hydrazine groups is 1. The lowest BCUT2D eigenvalue weighted by atomic mass is 9.95. The van der Waals surface area contributed by atoms with Crippen LogP contribution in [0.15, 0.2) is 22.8 Å². The molecular weight excluding hydrogens is 164 g/mol. The van der Waals surface area contributed by atoms with Crippen molar-refractivity contribution < 1.29 is 4.42 Å². The minimum absolute atomic E-state index is 0.346. The fourth-order valence-corrected chi connectivity index (χ4v) is 1.68. The van der Waals surface area contributed by atoms with Crippen molar-refractivity contribution in [2.75, 3.05) is 0 Å². The second kappa shape index (κ2) is 3.16. The second-order valence-electron chi connectivity index (χ2n) is 4.16. The molecule has 1 unspecified atom stereocenters. The number of hydrogen-bond donors (Lipinski definition) is 2. The lowest BCUT2D eigenvalue weighted by molar-refractivity contribution is 0.336. The predicted octanol–water partition coefficient (Wildman–Crippen LogP) is 1.45. The first kappa shape index (κ1) is 8.78. The van der Waals surface area contributed by atoms with Gasteiger partial charge in [0.1, 0.15) is 5.76 Å². The first-order valence-corrected chi connectivity index (χ1v) is 4.73. The maximum atomic E-state index is 5.52. The Balaban J connectivity index is 1.99. The van der Waals surface area contributed by atoms with Crippen molar-refractivity contribution in [2.45, 2.75) is 32.2 Å². The minimum Gasteiger partial charge on any atom is -0.469 e. The Labute approximate surface area is 78.3 Å². The zero-order valence-corrected chi connectivity index (χ0v) is 7.92. The molecule has 72 valence electrons. The average molecular weight is 180 g/mol. The highest BCUT2D eigenvalue weighted by Gasteiger charge is 2.44. The van der Waals surface area contributed by atoms with Gasteiger partial charge in [0.15, 0.2) is 0 Å². The van der Waals surface area contributed by atoms with E-state index in [-0.39, 0.29) is 0 Å². The van der Waals surface area contributed by atoms with Crippen LogP contribution in [0, 0.1) is 5.41 Å². The first-order valence-electron chi connectivity index (χ1n) is 4.73. The van der Waals surface area contributed by atoms with E-state index >= 15 is 0 Å². The number of nitrogens with one attached hydrogen (secondary N) is 1. The summed E-state index contributed by atoms with van der Waals surface area (Å²) in [5, 5.41) is 0. The minimum atomic E-state index is 0.346. The van der Waals surface area contributed by atoms with Crippen LogP contribution >= 0.6 is 0 Å². The van der Waals surface area contributed by atoms with Gasteiger partial charge in [0.05, 0.1) is 6.26 Å². The summed E-state index contributed by atoms with van der Waals surface area (Å²) in [5.41, 5.74) is 3.27. The first-order chi connectivity index (χ1) is 6.24. The van der Waals surface area contributed by atoms with E-state index < -0.39 is 0 Å². The van der Waals surface area contributed by atoms with Crippen LogP contribution in [0.3, 0.4) is 0 Å². The smallest absolute Gasteiger partial charge is 0.105 e. The van der Waals surface area contributed by atoms with Gasteiger partial charge in [0.2, 0.25) is 0 Å². The van der Waals surface area contributed by atoms with Crippen molar-refractivity contribution in [1.82, 2.24) is 5.43 Å². The van der Waals surface area contributed by atoms with E-state index in [2.05, 4.69) is 12.3 Å². The third-order valence-electron chi connectivity index (χ3n) is 3.07. The molecule has 3 N–H and O–H groups in total. The summed E-state index contributed by atoms with van der Waals surface area (Å²) in [6.07, 6.45) is 5.13. The van der Waals surface area contributed by atoms with Crippen LogP contribution in [0.1, 0.15) is 25.5 Å². The monoisotopic (exact) mass is 180 g/mol. The molecule has 1 atom stereocenters. The molecule has 0 saturated heterocycles. The molecule has 2 rings (SSSR count). The molecule has 13 heavy (non-hydrogen) atoms. The molecule has 1 aromatic heterocycles. The van der Waals surface area contributed by atoms with Gasteiger partial charge in [-0.15, -0.1) is 0 Å². The second-order valence-corrected chi connectivity index (χ2v) is 4.16. The van der Waals surface area contributed by atoms with Crippen LogP contribution < -0.4 is 11.3 Å². The highest BCUT2D eigenvalue weighted by molar-refractivity contribution is 5.06. The van der Waals surface area contributed by atoms with Crippen molar-refractivity contribution in [1.29, 1.82) is 0 Å². The van der Waals surface area contributed by atoms with Crippen LogP contribution in [0.4, 0.5) is 0 Å². The number of furan rings is 1. The average Bonchev–Trinajstić information content (AvgIpc) is 2.70. The third kappa shape index (κ3) is 1.76. The molecule has 0 spiro atoms. The molecule has 3 heteroatoms. The predicted molar refractivity (Wildman–Crippen MR) is 50.9 cm³/mol. The molecule has 1 aliphatic carbocycles. The van der Waals surface area contributed by atoms with Crippen LogP contribution in [-0.4, -0.2) is 6.04 Å². The van der Waals surface area contributed by atoms with Crippen molar-refractivity contribution in [3.05, 3.63) is 24.2 Å². The summed E-state index contributed by atoms with van der Waals surface area (Å²) >= 11 is 0. The van der Waals surface area contributed by atoms with E-state index in [1.54, 1.807) is 6.26 Å². The Bertz CT molecular complexity index is 264. The standard InChI is InChI=1S/C10H16N2O/c1-10(4-5-10)9(12-11)7-8-3-2-6-13-8/h2-3,6,9,12H,4-5,7,11H2,1H3. The summed E-state index contributed by atoms with van der Waals surface area (Å²) in [5.74, 6) is 6.53. The van der Waals surface area contributed by atoms with E-state index in [9.17, 15) is 0 Å². The van der Waals surface area contributed by atoms with Crippen LogP contribution in [0.5, 0.6) is 0 Å². The van der Waals surface area contributed by atoms with E-state index in [1.165, 1.54) is 12.8 Å². The van der Waals surface area contributed by atoms with Crippen molar-refractivity contribution in [3.63, 3.8) is 0 Å². The molecule has 1 aromatic rings. The van der Waals surface area contributed by atoms with Gasteiger partial charge >= 0.3 is 0 Å². The summed E-state index contributed by atoms with van der Waals surface area (Å²) < 4.78 is 5.29. The van der Waals surface area contributed by atoms with Crippen molar-refractivity contribution in [3.8, 4) is 0 Å². The number of hydrogen-bond acceptors (Lipinski definition) is 3. The number of rotatable bonds is 4. The quantitative estimate of drug-likeness (QED) is 0.544. The van der Waals surface area contributed by atoms with Crippen LogP contribution in [0.2, 0.25) is 0 Å². The van der Waals surface area contributed by atoms with Gasteiger partial charge in [-0.1, -0.05) is 6.92 Å². The van der Waals surface area contributed by atoms with Gasteiger partial charge in [0, 0.05) is 12.5 Å². The molecule has 0 bridgehead atoms. The number of nitrogens with two attached hydrogens (primary N) is 1. The lowest BCUT2D eigenvalue weighted by Crippen LogP contribution is -2.42. The summed E-state index contributed by atoms with van der Waals surface area (Å²) in [7, 11) is 0. The molecule has 1 fully saturated rings. The molecule has 0 aromatic carbocycles. The fraction of sp³-hybridized carbons (Fsp3) is 0.600. The van der Waals surface area contributed by atoms with Gasteiger partial charge in [-0.05, 0) is 30.4 Å². The molecular formula is C10H16N2O. The van der Waals surface area contributed by atoms with Gasteiger partial charge in [-0.2, -0.15) is 0 Å². The van der Waals surface area contributed by atoms with E-state index in [0.717, 1.165) is 12.2 Å². The van der Waals surface area contributed by atoms with Crippen LogP contribution in [-0.2, 0) is 6.42 Å². The largest absolute Gasteiger partial charge is 0.469 e. The highest BCUT2D eigenvalue weighted by atomic mass is 16.3. The normalized spacial score (nSPS) is 21.4. The zero-order valence-electron chi connectivity index (χ0n) is 7.92. The van der Waals surface area contributed by atoms with E-state index in [0.29, 0.717) is 11.5 Å². The van der Waals surface area contributed by atoms with Gasteiger partial charge in [-0.3, -0.25) is 11.3 Å². The maximum Gasteiger partial charge on any atom is 0.105 e. The summed E-state index contributed by atoms with van der Waals surface area (Å²) in [4.78, 5) is 0. The Morgan fingerprint density at radius 3 is 2.92 bits per heavy atom. The van der Waals surface area contributed by atoms with Crippen LogP contribution in [0.25, 0.3) is 0 Å². The fourth-order valence-electron chi connectivity index (χ4n) is 1.68. The lowest BCUT2D eigenvalue weighted by Gasteiger charge is -2.21. The Morgan fingerprint density at radius 1 is 1.69 bits per heavy atom.